The standard InChI is InChI=1S/C12H24N2OS/c1-9(2)14-12(15)8-13-10-4-6-11(16-3)7-5-10/h9-11,13H,4-8H2,1-3H3,(H,14,15). The highest BCUT2D eigenvalue weighted by atomic mass is 32.2. The lowest BCUT2D eigenvalue weighted by Crippen LogP contribution is -2.42. The minimum Gasteiger partial charge on any atom is -0.353 e. The summed E-state index contributed by atoms with van der Waals surface area (Å²) in [5.74, 6) is 0.113. The van der Waals surface area contributed by atoms with Crippen LogP contribution in [0.2, 0.25) is 0 Å². The van der Waals surface area contributed by atoms with Gasteiger partial charge in [-0.15, -0.1) is 0 Å². The summed E-state index contributed by atoms with van der Waals surface area (Å²) in [6, 6.07) is 0.780. The van der Waals surface area contributed by atoms with Crippen LogP contribution in [0.25, 0.3) is 0 Å². The van der Waals surface area contributed by atoms with Gasteiger partial charge in [-0.3, -0.25) is 4.79 Å². The zero-order valence-corrected chi connectivity index (χ0v) is 11.4. The third kappa shape index (κ3) is 5.21. The molecular weight excluding hydrogens is 220 g/mol. The van der Waals surface area contributed by atoms with Gasteiger partial charge in [-0.05, 0) is 45.8 Å². The number of nitrogens with one attached hydrogen (secondary N) is 2. The summed E-state index contributed by atoms with van der Waals surface area (Å²) in [7, 11) is 0. The molecule has 0 aromatic carbocycles. The molecule has 1 aliphatic carbocycles. The fraction of sp³-hybridized carbons (Fsp3) is 0.917. The molecule has 0 spiro atoms. The number of thioether (sulfide) groups is 1. The molecule has 3 nitrogen and oxygen atoms in total. The van der Waals surface area contributed by atoms with Crippen LogP contribution < -0.4 is 10.6 Å². The van der Waals surface area contributed by atoms with Crippen molar-refractivity contribution in [2.45, 2.75) is 56.9 Å². The summed E-state index contributed by atoms with van der Waals surface area (Å²) in [5.41, 5.74) is 0. The molecule has 0 aromatic heterocycles. The van der Waals surface area contributed by atoms with Crippen molar-refractivity contribution in [2.75, 3.05) is 12.8 Å². The average molecular weight is 244 g/mol. The minimum atomic E-state index is 0.113. The molecule has 0 atom stereocenters. The van der Waals surface area contributed by atoms with Crippen molar-refractivity contribution in [3.8, 4) is 0 Å². The predicted octanol–water partition coefficient (Wildman–Crippen LogP) is 1.77. The van der Waals surface area contributed by atoms with E-state index in [1.165, 1.54) is 25.7 Å². The van der Waals surface area contributed by atoms with Crippen LogP contribution in [0.1, 0.15) is 39.5 Å². The van der Waals surface area contributed by atoms with Gasteiger partial charge in [0.2, 0.25) is 5.91 Å². The first-order valence-corrected chi connectivity index (χ1v) is 7.46. The highest BCUT2D eigenvalue weighted by Gasteiger charge is 2.20. The summed E-state index contributed by atoms with van der Waals surface area (Å²) in [6.45, 7) is 4.44. The Morgan fingerprint density at radius 3 is 2.44 bits per heavy atom. The van der Waals surface area contributed by atoms with Crippen LogP contribution in [0.15, 0.2) is 0 Å². The Bertz CT molecular complexity index is 213. The van der Waals surface area contributed by atoms with Crippen molar-refractivity contribution in [2.24, 2.45) is 0 Å². The molecule has 0 aromatic rings. The molecule has 1 amide bonds. The molecule has 0 heterocycles. The topological polar surface area (TPSA) is 41.1 Å². The van der Waals surface area contributed by atoms with E-state index in [1.54, 1.807) is 0 Å². The van der Waals surface area contributed by atoms with E-state index in [9.17, 15) is 4.79 Å². The molecule has 0 unspecified atom stereocenters. The molecule has 94 valence electrons. The second-order valence-electron chi connectivity index (χ2n) is 4.81. The number of carbonyl (C=O) groups excluding carboxylic acids is 1. The van der Waals surface area contributed by atoms with Gasteiger partial charge in [0.1, 0.15) is 0 Å². The van der Waals surface area contributed by atoms with E-state index >= 15 is 0 Å². The maximum Gasteiger partial charge on any atom is 0.234 e. The fourth-order valence-electron chi connectivity index (χ4n) is 2.11. The van der Waals surface area contributed by atoms with Gasteiger partial charge in [-0.1, -0.05) is 0 Å². The summed E-state index contributed by atoms with van der Waals surface area (Å²) in [6.07, 6.45) is 7.17. The third-order valence-electron chi connectivity index (χ3n) is 3.01. The Balaban J connectivity index is 2.12. The zero-order valence-electron chi connectivity index (χ0n) is 10.6. The molecule has 4 heteroatoms. The molecule has 16 heavy (non-hydrogen) atoms. The number of hydrogen-bond acceptors (Lipinski definition) is 3. The normalized spacial score (nSPS) is 25.8. The molecule has 1 fully saturated rings. The molecule has 1 aliphatic rings. The second kappa shape index (κ2) is 7.17. The first-order chi connectivity index (χ1) is 7.61. The summed E-state index contributed by atoms with van der Waals surface area (Å²) >= 11 is 1.97. The van der Waals surface area contributed by atoms with E-state index < -0.39 is 0 Å². The molecular formula is C12H24N2OS. The zero-order chi connectivity index (χ0) is 12.0. The highest BCUT2D eigenvalue weighted by Crippen LogP contribution is 2.26. The van der Waals surface area contributed by atoms with Gasteiger partial charge >= 0.3 is 0 Å². The second-order valence-corrected chi connectivity index (χ2v) is 5.95. The summed E-state index contributed by atoms with van der Waals surface area (Å²) < 4.78 is 0. The molecule has 0 aliphatic heterocycles. The van der Waals surface area contributed by atoms with E-state index in [2.05, 4.69) is 16.9 Å². The monoisotopic (exact) mass is 244 g/mol. The Morgan fingerprint density at radius 2 is 1.94 bits per heavy atom. The van der Waals surface area contributed by atoms with E-state index in [1.807, 2.05) is 25.6 Å². The van der Waals surface area contributed by atoms with Crippen molar-refractivity contribution in [3.63, 3.8) is 0 Å². The quantitative estimate of drug-likeness (QED) is 0.774. The summed E-state index contributed by atoms with van der Waals surface area (Å²) in [4.78, 5) is 11.4. The van der Waals surface area contributed by atoms with Crippen LogP contribution in [0.5, 0.6) is 0 Å². The van der Waals surface area contributed by atoms with Gasteiger partial charge in [0, 0.05) is 17.3 Å². The van der Waals surface area contributed by atoms with Crippen molar-refractivity contribution in [1.82, 2.24) is 10.6 Å². The predicted molar refractivity (Wildman–Crippen MR) is 70.8 cm³/mol. The number of hydrogen-bond donors (Lipinski definition) is 2. The first kappa shape index (κ1) is 13.8. The van der Waals surface area contributed by atoms with Gasteiger partial charge in [-0.25, -0.2) is 0 Å². The highest BCUT2D eigenvalue weighted by molar-refractivity contribution is 7.99. The number of rotatable bonds is 5. The van der Waals surface area contributed by atoms with Crippen molar-refractivity contribution < 1.29 is 4.79 Å². The minimum absolute atomic E-state index is 0.113. The van der Waals surface area contributed by atoms with Crippen LogP contribution in [0, 0.1) is 0 Å². The molecule has 0 radical (unpaired) electrons. The lowest BCUT2D eigenvalue weighted by Gasteiger charge is -2.28. The number of carbonyl (C=O) groups is 1. The molecule has 1 saturated carbocycles. The fourth-order valence-corrected chi connectivity index (χ4v) is 2.86. The van der Waals surface area contributed by atoms with Crippen molar-refractivity contribution >= 4 is 17.7 Å². The largest absolute Gasteiger partial charge is 0.353 e. The van der Waals surface area contributed by atoms with Gasteiger partial charge < -0.3 is 10.6 Å². The molecule has 0 bridgehead atoms. The Morgan fingerprint density at radius 1 is 1.31 bits per heavy atom. The Labute approximate surface area is 103 Å². The smallest absolute Gasteiger partial charge is 0.234 e. The molecule has 2 N–H and O–H groups in total. The summed E-state index contributed by atoms with van der Waals surface area (Å²) in [5, 5.41) is 7.08. The average Bonchev–Trinajstić information content (AvgIpc) is 2.26. The van der Waals surface area contributed by atoms with E-state index in [-0.39, 0.29) is 11.9 Å². The van der Waals surface area contributed by atoms with Gasteiger partial charge in [0.05, 0.1) is 6.54 Å². The first-order valence-electron chi connectivity index (χ1n) is 6.17. The van der Waals surface area contributed by atoms with Crippen LogP contribution >= 0.6 is 11.8 Å². The molecule has 0 saturated heterocycles. The van der Waals surface area contributed by atoms with Crippen LogP contribution in [0.4, 0.5) is 0 Å². The maximum atomic E-state index is 11.4. The maximum absolute atomic E-state index is 11.4. The van der Waals surface area contributed by atoms with Gasteiger partial charge in [0.25, 0.3) is 0 Å². The lowest BCUT2D eigenvalue weighted by molar-refractivity contribution is -0.120. The Kier molecular flexibility index (Phi) is 6.21. The van der Waals surface area contributed by atoms with Gasteiger partial charge in [-0.2, -0.15) is 11.8 Å². The van der Waals surface area contributed by atoms with E-state index in [0.29, 0.717) is 12.6 Å². The third-order valence-corrected chi connectivity index (χ3v) is 4.15. The van der Waals surface area contributed by atoms with Gasteiger partial charge in [0.15, 0.2) is 0 Å². The Hall–Kier alpha value is -0.220. The molecule has 1 rings (SSSR count). The number of amides is 1. The SMILES string of the molecule is CSC1CCC(NCC(=O)NC(C)C)CC1. The van der Waals surface area contributed by atoms with Crippen LogP contribution in [-0.4, -0.2) is 36.0 Å². The lowest BCUT2D eigenvalue weighted by atomic mass is 9.95. The van der Waals surface area contributed by atoms with Crippen LogP contribution in [0.3, 0.4) is 0 Å². The van der Waals surface area contributed by atoms with Crippen molar-refractivity contribution in [1.29, 1.82) is 0 Å². The van der Waals surface area contributed by atoms with Crippen LogP contribution in [-0.2, 0) is 4.79 Å². The van der Waals surface area contributed by atoms with Crippen molar-refractivity contribution in [3.05, 3.63) is 0 Å². The van der Waals surface area contributed by atoms with E-state index in [0.717, 1.165) is 5.25 Å². The van der Waals surface area contributed by atoms with E-state index in [4.69, 9.17) is 0 Å².